The van der Waals surface area contributed by atoms with Gasteiger partial charge in [0, 0.05) is 22.9 Å². The van der Waals surface area contributed by atoms with Crippen molar-refractivity contribution >= 4 is 11.7 Å². The quantitative estimate of drug-likeness (QED) is 0.596. The van der Waals surface area contributed by atoms with Crippen LogP contribution in [-0.2, 0) is 11.3 Å². The van der Waals surface area contributed by atoms with Crippen LogP contribution in [0, 0.1) is 6.92 Å². The largest absolute Gasteiger partial charge is 0.496 e. The van der Waals surface area contributed by atoms with E-state index in [-0.39, 0.29) is 30.3 Å². The third-order valence-corrected chi connectivity index (χ3v) is 4.53. The van der Waals surface area contributed by atoms with Gasteiger partial charge in [-0.3, -0.25) is 4.68 Å². The molecule has 10 heteroatoms. The first-order chi connectivity index (χ1) is 14.3. The standard InChI is InChI=1S/C21H28F3N3O4/c1-7-31-19(28)17-12(2)18(27(26-17)11-20(4,5)29)15-9-8-14(10-16(15)30-6)25-13(3)21(22,23)24/h8-10,13,25,29H,7,11H2,1-6H3. The Bertz CT molecular complexity index is 933. The van der Waals surface area contributed by atoms with Gasteiger partial charge in [-0.1, -0.05) is 0 Å². The Morgan fingerprint density at radius 3 is 2.48 bits per heavy atom. The number of methoxy groups -OCH3 is 1. The van der Waals surface area contributed by atoms with Gasteiger partial charge in [-0.25, -0.2) is 4.79 Å². The lowest BCUT2D eigenvalue weighted by molar-refractivity contribution is -0.138. The minimum Gasteiger partial charge on any atom is -0.496 e. The van der Waals surface area contributed by atoms with Crippen LogP contribution in [0.3, 0.4) is 0 Å². The zero-order valence-electron chi connectivity index (χ0n) is 18.4. The second kappa shape index (κ2) is 9.17. The molecule has 2 rings (SSSR count). The maximum absolute atomic E-state index is 12.9. The summed E-state index contributed by atoms with van der Waals surface area (Å²) in [5.41, 5.74) is 0.689. The highest BCUT2D eigenvalue weighted by atomic mass is 19.4. The first kappa shape index (κ1) is 24.5. The van der Waals surface area contributed by atoms with E-state index >= 15 is 0 Å². The minimum atomic E-state index is -4.40. The summed E-state index contributed by atoms with van der Waals surface area (Å²) in [6.45, 7) is 7.82. The van der Waals surface area contributed by atoms with Gasteiger partial charge in [-0.05, 0) is 46.8 Å². The second-order valence-electron chi connectivity index (χ2n) is 7.84. The summed E-state index contributed by atoms with van der Waals surface area (Å²) >= 11 is 0. The van der Waals surface area contributed by atoms with Gasteiger partial charge in [-0.2, -0.15) is 18.3 Å². The van der Waals surface area contributed by atoms with Crippen molar-refractivity contribution in [1.29, 1.82) is 0 Å². The molecule has 0 fully saturated rings. The van der Waals surface area contributed by atoms with Gasteiger partial charge in [0.2, 0.25) is 0 Å². The molecule has 0 radical (unpaired) electrons. The number of hydrogen-bond acceptors (Lipinski definition) is 6. The number of benzene rings is 1. The van der Waals surface area contributed by atoms with E-state index < -0.39 is 23.8 Å². The lowest BCUT2D eigenvalue weighted by atomic mass is 10.0. The topological polar surface area (TPSA) is 85.6 Å². The summed E-state index contributed by atoms with van der Waals surface area (Å²) in [6.07, 6.45) is -4.40. The van der Waals surface area contributed by atoms with Crippen LogP contribution < -0.4 is 10.1 Å². The van der Waals surface area contributed by atoms with Crippen LogP contribution in [-0.4, -0.2) is 52.4 Å². The summed E-state index contributed by atoms with van der Waals surface area (Å²) in [4.78, 5) is 12.3. The van der Waals surface area contributed by atoms with Crippen molar-refractivity contribution < 1.29 is 32.5 Å². The molecule has 1 unspecified atom stereocenters. The average molecular weight is 443 g/mol. The Balaban J connectivity index is 2.58. The van der Waals surface area contributed by atoms with E-state index in [9.17, 15) is 23.1 Å². The highest BCUT2D eigenvalue weighted by Crippen LogP contribution is 2.37. The van der Waals surface area contributed by atoms with Gasteiger partial charge >= 0.3 is 12.1 Å². The maximum Gasteiger partial charge on any atom is 0.408 e. The molecule has 7 nitrogen and oxygen atoms in total. The van der Waals surface area contributed by atoms with E-state index in [4.69, 9.17) is 9.47 Å². The van der Waals surface area contributed by atoms with Gasteiger partial charge in [0.1, 0.15) is 11.8 Å². The Kier molecular flexibility index (Phi) is 7.25. The second-order valence-corrected chi connectivity index (χ2v) is 7.84. The molecule has 1 aromatic heterocycles. The Morgan fingerprint density at radius 1 is 1.32 bits per heavy atom. The van der Waals surface area contributed by atoms with Crippen molar-refractivity contribution in [3.63, 3.8) is 0 Å². The van der Waals surface area contributed by atoms with Crippen molar-refractivity contribution in [2.75, 3.05) is 19.0 Å². The van der Waals surface area contributed by atoms with Crippen molar-refractivity contribution in [1.82, 2.24) is 9.78 Å². The van der Waals surface area contributed by atoms with Gasteiger partial charge in [0.25, 0.3) is 0 Å². The SMILES string of the molecule is CCOC(=O)c1nn(CC(C)(C)O)c(-c2ccc(NC(C)C(F)(F)F)cc2OC)c1C. The molecule has 0 aliphatic rings. The molecule has 0 aliphatic carbocycles. The number of carbonyl (C=O) groups excluding carboxylic acids is 1. The van der Waals surface area contributed by atoms with Gasteiger partial charge in [0.05, 0.1) is 31.6 Å². The molecule has 2 N–H and O–H groups in total. The predicted molar refractivity (Wildman–Crippen MR) is 110 cm³/mol. The maximum atomic E-state index is 12.9. The van der Waals surface area contributed by atoms with Crippen LogP contribution >= 0.6 is 0 Å². The fourth-order valence-corrected chi connectivity index (χ4v) is 3.08. The fourth-order valence-electron chi connectivity index (χ4n) is 3.08. The Hall–Kier alpha value is -2.75. The zero-order valence-corrected chi connectivity index (χ0v) is 18.4. The van der Waals surface area contributed by atoms with E-state index in [2.05, 4.69) is 10.4 Å². The van der Waals surface area contributed by atoms with Crippen molar-refractivity contribution in [3.05, 3.63) is 29.5 Å². The molecular weight excluding hydrogens is 415 g/mol. The molecule has 0 bridgehead atoms. The number of esters is 1. The van der Waals surface area contributed by atoms with Gasteiger partial charge in [-0.15, -0.1) is 0 Å². The third-order valence-electron chi connectivity index (χ3n) is 4.53. The highest BCUT2D eigenvalue weighted by molar-refractivity contribution is 5.91. The average Bonchev–Trinajstić information content (AvgIpc) is 2.95. The van der Waals surface area contributed by atoms with Crippen LogP contribution in [0.4, 0.5) is 18.9 Å². The molecule has 0 amide bonds. The van der Waals surface area contributed by atoms with Crippen molar-refractivity contribution in [3.8, 4) is 17.0 Å². The number of hydrogen-bond donors (Lipinski definition) is 2. The molecule has 0 aliphatic heterocycles. The number of nitrogens with one attached hydrogen (secondary N) is 1. The Labute approximate surface area is 179 Å². The van der Waals surface area contributed by atoms with Crippen molar-refractivity contribution in [2.24, 2.45) is 0 Å². The summed E-state index contributed by atoms with van der Waals surface area (Å²) in [5, 5.41) is 17.0. The van der Waals surface area contributed by atoms with E-state index in [1.807, 2.05) is 0 Å². The molecular formula is C21H28F3N3O4. The van der Waals surface area contributed by atoms with Crippen LogP contribution in [0.15, 0.2) is 18.2 Å². The molecule has 0 saturated heterocycles. The summed E-state index contributed by atoms with van der Waals surface area (Å²) < 4.78 is 50.7. The minimum absolute atomic E-state index is 0.0663. The first-order valence-electron chi connectivity index (χ1n) is 9.77. The number of ether oxygens (including phenoxy) is 2. The molecule has 1 atom stereocenters. The Morgan fingerprint density at radius 2 is 1.97 bits per heavy atom. The fraction of sp³-hybridized carbons (Fsp3) is 0.524. The lowest BCUT2D eigenvalue weighted by Gasteiger charge is -2.21. The van der Waals surface area contributed by atoms with E-state index in [0.717, 1.165) is 6.92 Å². The van der Waals surface area contributed by atoms with Gasteiger partial charge < -0.3 is 19.9 Å². The number of anilines is 1. The van der Waals surface area contributed by atoms with E-state index in [0.29, 0.717) is 16.8 Å². The summed E-state index contributed by atoms with van der Waals surface area (Å²) in [7, 11) is 1.40. The summed E-state index contributed by atoms with van der Waals surface area (Å²) in [6, 6.07) is 2.78. The van der Waals surface area contributed by atoms with E-state index in [1.165, 1.54) is 23.9 Å². The molecule has 0 saturated carbocycles. The number of rotatable bonds is 8. The molecule has 1 aromatic carbocycles. The molecule has 0 spiro atoms. The smallest absolute Gasteiger partial charge is 0.408 e. The molecule has 31 heavy (non-hydrogen) atoms. The monoisotopic (exact) mass is 443 g/mol. The normalized spacial score (nSPS) is 13.1. The van der Waals surface area contributed by atoms with Crippen LogP contribution in [0.5, 0.6) is 5.75 Å². The third kappa shape index (κ3) is 5.90. The zero-order chi connectivity index (χ0) is 23.6. The number of nitrogens with zero attached hydrogens (tertiary/aromatic N) is 2. The predicted octanol–water partition coefficient (Wildman–Crippen LogP) is 4.18. The number of alkyl halides is 3. The number of carbonyl (C=O) groups is 1. The van der Waals surface area contributed by atoms with Crippen molar-refractivity contribution in [2.45, 2.75) is 59.0 Å². The molecule has 172 valence electrons. The molecule has 2 aromatic rings. The van der Waals surface area contributed by atoms with Crippen LogP contribution in [0.2, 0.25) is 0 Å². The number of aromatic nitrogens is 2. The number of halogens is 3. The summed E-state index contributed by atoms with van der Waals surface area (Å²) in [5.74, 6) is -0.318. The van der Waals surface area contributed by atoms with E-state index in [1.54, 1.807) is 33.8 Å². The first-order valence-corrected chi connectivity index (χ1v) is 9.77. The number of aliphatic hydroxyl groups is 1. The molecule has 1 heterocycles. The lowest BCUT2D eigenvalue weighted by Crippen LogP contribution is -2.33. The van der Waals surface area contributed by atoms with Crippen LogP contribution in [0.1, 0.15) is 43.7 Å². The van der Waals surface area contributed by atoms with Gasteiger partial charge in [0.15, 0.2) is 5.69 Å². The van der Waals surface area contributed by atoms with Crippen LogP contribution in [0.25, 0.3) is 11.3 Å². The highest BCUT2D eigenvalue weighted by Gasteiger charge is 2.36.